The van der Waals surface area contributed by atoms with Crippen molar-refractivity contribution in [3.05, 3.63) is 75.6 Å². The first-order valence-corrected chi connectivity index (χ1v) is 10.5. The third-order valence-corrected chi connectivity index (χ3v) is 6.59. The molecule has 0 bridgehead atoms. The minimum Gasteiger partial charge on any atom is -0.416 e. The molecule has 0 amide bonds. The van der Waals surface area contributed by atoms with Gasteiger partial charge in [0.25, 0.3) is 5.71 Å². The molecule has 0 N–H and O–H groups in total. The summed E-state index contributed by atoms with van der Waals surface area (Å²) in [6.45, 7) is 0. The van der Waals surface area contributed by atoms with Crippen LogP contribution in [0.3, 0.4) is 0 Å². The van der Waals surface area contributed by atoms with Crippen molar-refractivity contribution in [2.45, 2.75) is 0 Å². The lowest BCUT2D eigenvalue weighted by molar-refractivity contribution is 0.0990. The van der Waals surface area contributed by atoms with Crippen molar-refractivity contribution in [1.82, 2.24) is 9.97 Å². The van der Waals surface area contributed by atoms with E-state index in [0.29, 0.717) is 32.6 Å². The molecule has 5 aromatic rings. The number of thiazole rings is 1. The number of aromatic nitrogens is 2. The zero-order chi connectivity index (χ0) is 19.5. The Hall–Kier alpha value is -3.42. The Balaban J connectivity index is 1.41. The number of ketones is 2. The molecule has 0 aliphatic heterocycles. The summed E-state index contributed by atoms with van der Waals surface area (Å²) in [7, 11) is 0. The Kier molecular flexibility index (Phi) is 3.44. The van der Waals surface area contributed by atoms with Crippen LogP contribution in [0.5, 0.6) is 0 Å². The zero-order valence-electron chi connectivity index (χ0n) is 14.7. The van der Waals surface area contributed by atoms with E-state index >= 15 is 0 Å². The van der Waals surface area contributed by atoms with E-state index in [9.17, 15) is 9.59 Å². The van der Waals surface area contributed by atoms with Gasteiger partial charge < -0.3 is 4.42 Å². The van der Waals surface area contributed by atoms with Crippen LogP contribution >= 0.6 is 22.7 Å². The quantitative estimate of drug-likeness (QED) is 0.276. The number of carbonyl (C=O) groups excluding carboxylic acids is 2. The van der Waals surface area contributed by atoms with E-state index < -0.39 is 0 Å². The van der Waals surface area contributed by atoms with Gasteiger partial charge in [0.1, 0.15) is 5.01 Å². The lowest BCUT2D eigenvalue weighted by Gasteiger charge is -2.00. The summed E-state index contributed by atoms with van der Waals surface area (Å²) in [6, 6.07) is 15.1. The molecule has 138 valence electrons. The van der Waals surface area contributed by atoms with Gasteiger partial charge in [0.05, 0.1) is 10.5 Å². The molecule has 3 heterocycles. The van der Waals surface area contributed by atoms with Crippen molar-refractivity contribution < 1.29 is 14.0 Å². The number of allylic oxidation sites excluding steroid dienone is 1. The predicted molar refractivity (Wildman–Crippen MR) is 114 cm³/mol. The van der Waals surface area contributed by atoms with Crippen molar-refractivity contribution in [3.8, 4) is 10.8 Å². The van der Waals surface area contributed by atoms with Gasteiger partial charge in [-0.1, -0.05) is 41.7 Å². The van der Waals surface area contributed by atoms with Crippen LogP contribution in [0.15, 0.2) is 63.9 Å². The standard InChI is InChI=1S/C22H10N2O3S2/c25-18-13-8-11-4-1-2-5-12(11)9-14(13)19(26)15(18)10-17-23-21-22(29-17)24-20(27-21)16-6-3-7-28-16/h1-10H. The van der Waals surface area contributed by atoms with Gasteiger partial charge in [-0.15, -0.1) is 11.3 Å². The number of rotatable bonds is 2. The van der Waals surface area contributed by atoms with Crippen LogP contribution in [0, 0.1) is 0 Å². The summed E-state index contributed by atoms with van der Waals surface area (Å²) < 4.78 is 5.72. The Bertz CT molecular complexity index is 1400. The highest BCUT2D eigenvalue weighted by Crippen LogP contribution is 2.34. The second-order valence-corrected chi connectivity index (χ2v) is 8.58. The molecule has 1 aliphatic rings. The van der Waals surface area contributed by atoms with Crippen molar-refractivity contribution in [2.24, 2.45) is 0 Å². The fourth-order valence-corrected chi connectivity index (χ4v) is 4.94. The number of oxazole rings is 1. The van der Waals surface area contributed by atoms with E-state index in [4.69, 9.17) is 4.42 Å². The summed E-state index contributed by atoms with van der Waals surface area (Å²) in [5.41, 5.74) is 1.42. The predicted octanol–water partition coefficient (Wildman–Crippen LogP) is 5.63. The average molecular weight is 414 g/mol. The Morgan fingerprint density at radius 2 is 1.62 bits per heavy atom. The van der Waals surface area contributed by atoms with Crippen molar-refractivity contribution in [1.29, 1.82) is 0 Å². The van der Waals surface area contributed by atoms with Gasteiger partial charge in [-0.05, 0) is 40.4 Å². The first kappa shape index (κ1) is 16.5. The number of hydrogen-bond donors (Lipinski definition) is 0. The molecule has 0 fully saturated rings. The molecule has 0 saturated carbocycles. The van der Waals surface area contributed by atoms with Crippen LogP contribution in [0.2, 0.25) is 0 Å². The highest BCUT2D eigenvalue weighted by atomic mass is 32.1. The highest BCUT2D eigenvalue weighted by molar-refractivity contribution is 7.19. The van der Waals surface area contributed by atoms with E-state index in [1.807, 2.05) is 41.8 Å². The SMILES string of the molecule is O=C1C(=Cc2nc3oc(-c4cccs4)nc3s2)C(=O)c2cc3ccccc3cc21. The largest absolute Gasteiger partial charge is 0.416 e. The van der Waals surface area contributed by atoms with Crippen LogP contribution in [0.25, 0.3) is 38.2 Å². The molecule has 6 rings (SSSR count). The Labute approximate surface area is 172 Å². The molecule has 3 aromatic heterocycles. The van der Waals surface area contributed by atoms with Gasteiger partial charge in [0.2, 0.25) is 5.89 Å². The van der Waals surface area contributed by atoms with Crippen LogP contribution in [0.1, 0.15) is 25.7 Å². The van der Waals surface area contributed by atoms with Crippen LogP contribution in [-0.4, -0.2) is 21.5 Å². The molecular weight excluding hydrogens is 404 g/mol. The lowest BCUT2D eigenvalue weighted by Crippen LogP contribution is -2.00. The van der Waals surface area contributed by atoms with E-state index in [0.717, 1.165) is 15.6 Å². The second-order valence-electron chi connectivity index (χ2n) is 6.62. The van der Waals surface area contributed by atoms with E-state index in [2.05, 4.69) is 9.97 Å². The maximum atomic E-state index is 12.9. The average Bonchev–Trinajstić information content (AvgIpc) is 3.48. The van der Waals surface area contributed by atoms with Crippen LogP contribution in [0.4, 0.5) is 0 Å². The summed E-state index contributed by atoms with van der Waals surface area (Å²) in [4.78, 5) is 36.2. The number of Topliss-reactive ketones (excluding diaryl/α,β-unsaturated/α-hetero) is 2. The number of carbonyl (C=O) groups is 2. The Morgan fingerprint density at radius 1 is 0.897 bits per heavy atom. The molecule has 5 nitrogen and oxygen atoms in total. The second kappa shape index (κ2) is 6.04. The normalized spacial score (nSPS) is 13.6. The van der Waals surface area contributed by atoms with Gasteiger partial charge in [0.15, 0.2) is 16.4 Å². The number of benzene rings is 2. The van der Waals surface area contributed by atoms with Gasteiger partial charge in [0, 0.05) is 11.1 Å². The van der Waals surface area contributed by atoms with E-state index in [-0.39, 0.29) is 17.1 Å². The molecule has 2 aromatic carbocycles. The van der Waals surface area contributed by atoms with Crippen LogP contribution < -0.4 is 0 Å². The number of thiophene rings is 1. The van der Waals surface area contributed by atoms with Crippen molar-refractivity contribution in [3.63, 3.8) is 0 Å². The summed E-state index contributed by atoms with van der Waals surface area (Å²) in [5.74, 6) is -0.00955. The maximum absolute atomic E-state index is 12.9. The molecule has 29 heavy (non-hydrogen) atoms. The van der Waals surface area contributed by atoms with E-state index in [1.54, 1.807) is 18.2 Å². The van der Waals surface area contributed by atoms with Crippen molar-refractivity contribution >= 4 is 61.6 Å². The molecule has 1 aliphatic carbocycles. The molecule has 0 atom stereocenters. The number of nitrogens with zero attached hydrogens (tertiary/aromatic N) is 2. The fraction of sp³-hybridized carbons (Fsp3) is 0. The molecule has 0 radical (unpaired) electrons. The van der Waals surface area contributed by atoms with Gasteiger partial charge in [-0.25, -0.2) is 0 Å². The van der Waals surface area contributed by atoms with Gasteiger partial charge in [-0.3, -0.25) is 9.59 Å². The topological polar surface area (TPSA) is 73.1 Å². The summed E-state index contributed by atoms with van der Waals surface area (Å²) in [6.07, 6.45) is 1.54. The third-order valence-electron chi connectivity index (χ3n) is 4.86. The molecular formula is C22H10N2O3S2. The number of fused-ring (bicyclic) bond motifs is 3. The van der Waals surface area contributed by atoms with Gasteiger partial charge in [-0.2, -0.15) is 9.97 Å². The number of hydrogen-bond acceptors (Lipinski definition) is 7. The first-order valence-electron chi connectivity index (χ1n) is 8.82. The molecule has 0 saturated heterocycles. The van der Waals surface area contributed by atoms with Gasteiger partial charge >= 0.3 is 0 Å². The monoisotopic (exact) mass is 414 g/mol. The zero-order valence-corrected chi connectivity index (χ0v) is 16.3. The molecule has 7 heteroatoms. The maximum Gasteiger partial charge on any atom is 0.259 e. The smallest absolute Gasteiger partial charge is 0.259 e. The lowest BCUT2D eigenvalue weighted by atomic mass is 10.0. The third kappa shape index (κ3) is 2.52. The van der Waals surface area contributed by atoms with Crippen LogP contribution in [-0.2, 0) is 0 Å². The fourth-order valence-electron chi connectivity index (χ4n) is 3.49. The van der Waals surface area contributed by atoms with Crippen molar-refractivity contribution in [2.75, 3.05) is 0 Å². The minimum atomic E-state index is -0.269. The summed E-state index contributed by atoms with van der Waals surface area (Å²) in [5, 5.41) is 4.35. The minimum absolute atomic E-state index is 0.130. The first-order chi connectivity index (χ1) is 14.2. The molecule has 0 spiro atoms. The Morgan fingerprint density at radius 3 is 2.24 bits per heavy atom. The highest BCUT2D eigenvalue weighted by Gasteiger charge is 2.33. The van der Waals surface area contributed by atoms with E-state index in [1.165, 1.54) is 22.7 Å². The molecule has 0 unspecified atom stereocenters. The summed E-state index contributed by atoms with van der Waals surface area (Å²) >= 11 is 2.83.